The molecule has 30 heavy (non-hydrogen) atoms. The number of nitro benzene ring substituents is 1. The van der Waals surface area contributed by atoms with Crippen LogP contribution >= 0.6 is 0 Å². The van der Waals surface area contributed by atoms with E-state index >= 15 is 0 Å². The lowest BCUT2D eigenvalue weighted by Crippen LogP contribution is -2.09. The third-order valence-electron chi connectivity index (χ3n) is 4.22. The van der Waals surface area contributed by atoms with Crippen LogP contribution in [-0.4, -0.2) is 10.8 Å². The molecule has 0 spiro atoms. The molecule has 148 valence electrons. The summed E-state index contributed by atoms with van der Waals surface area (Å²) in [6.07, 6.45) is 2.66. The summed E-state index contributed by atoms with van der Waals surface area (Å²) in [5.74, 6) is 0.778. The van der Waals surface area contributed by atoms with E-state index in [0.717, 1.165) is 5.56 Å². The highest BCUT2D eigenvalue weighted by molar-refractivity contribution is 6.02. The van der Waals surface area contributed by atoms with E-state index < -0.39 is 10.8 Å². The average Bonchev–Trinajstić information content (AvgIpc) is 2.75. The summed E-state index contributed by atoms with van der Waals surface area (Å²) >= 11 is 0. The Morgan fingerprint density at radius 1 is 1.10 bits per heavy atom. The van der Waals surface area contributed by atoms with Crippen LogP contribution in [0.1, 0.15) is 16.7 Å². The molecule has 0 unspecified atom stereocenters. The van der Waals surface area contributed by atoms with E-state index in [0.29, 0.717) is 28.3 Å². The van der Waals surface area contributed by atoms with Crippen molar-refractivity contribution in [1.29, 1.82) is 5.26 Å². The first-order valence-electron chi connectivity index (χ1n) is 8.97. The standard InChI is InChI=1S/C23H17N3O4/c1-16-14-20(30-19-9-6-17(15-24)7-10-19)11-12-21(16)25-23(27)13-8-18-4-2-3-5-22(18)26(28)29/h2-14H,1H3,(H,25,27). The molecule has 0 aromatic heterocycles. The number of hydrogen-bond acceptors (Lipinski definition) is 5. The van der Waals surface area contributed by atoms with E-state index in [-0.39, 0.29) is 5.69 Å². The number of nitrogens with zero attached hydrogens (tertiary/aromatic N) is 2. The Morgan fingerprint density at radius 2 is 1.80 bits per heavy atom. The SMILES string of the molecule is Cc1cc(Oc2ccc(C#N)cc2)ccc1NC(=O)C=Cc1ccccc1[N+](=O)[O-]. The molecule has 0 aliphatic carbocycles. The fourth-order valence-corrected chi connectivity index (χ4v) is 2.71. The number of aryl methyl sites for hydroxylation is 1. The molecule has 3 rings (SSSR count). The summed E-state index contributed by atoms with van der Waals surface area (Å²) in [4.78, 5) is 22.8. The molecule has 0 heterocycles. The van der Waals surface area contributed by atoms with E-state index in [2.05, 4.69) is 5.32 Å². The van der Waals surface area contributed by atoms with Crippen molar-refractivity contribution >= 4 is 23.4 Å². The van der Waals surface area contributed by atoms with Crippen molar-refractivity contribution in [2.45, 2.75) is 6.92 Å². The highest BCUT2D eigenvalue weighted by Crippen LogP contribution is 2.26. The van der Waals surface area contributed by atoms with Gasteiger partial charge in [0.25, 0.3) is 5.69 Å². The first kappa shape index (κ1) is 20.3. The molecule has 0 bridgehead atoms. The van der Waals surface area contributed by atoms with Gasteiger partial charge in [0.15, 0.2) is 0 Å². The van der Waals surface area contributed by atoms with Crippen LogP contribution in [0.15, 0.2) is 72.8 Å². The number of nitriles is 1. The minimum Gasteiger partial charge on any atom is -0.457 e. The zero-order valence-electron chi connectivity index (χ0n) is 16.0. The van der Waals surface area contributed by atoms with Crippen LogP contribution in [-0.2, 0) is 4.79 Å². The minimum absolute atomic E-state index is 0.0676. The molecule has 0 aliphatic heterocycles. The molecule has 0 saturated carbocycles. The zero-order valence-corrected chi connectivity index (χ0v) is 16.0. The molecule has 1 amide bonds. The third-order valence-corrected chi connectivity index (χ3v) is 4.22. The number of carbonyl (C=O) groups is 1. The normalized spacial score (nSPS) is 10.4. The number of nitro groups is 1. The van der Waals surface area contributed by atoms with E-state index in [1.807, 2.05) is 13.0 Å². The second-order valence-corrected chi connectivity index (χ2v) is 6.35. The number of ether oxygens (including phenoxy) is 1. The fraction of sp³-hybridized carbons (Fsp3) is 0.0435. The van der Waals surface area contributed by atoms with Gasteiger partial charge in [0.2, 0.25) is 5.91 Å². The Kier molecular flexibility index (Phi) is 6.20. The summed E-state index contributed by atoms with van der Waals surface area (Å²) in [5, 5.41) is 22.6. The summed E-state index contributed by atoms with van der Waals surface area (Å²) in [6, 6.07) is 20.2. The molecule has 3 aromatic carbocycles. The predicted molar refractivity (Wildman–Crippen MR) is 113 cm³/mol. The molecule has 0 atom stereocenters. The lowest BCUT2D eigenvalue weighted by atomic mass is 10.1. The van der Waals surface area contributed by atoms with Crippen LogP contribution in [0.4, 0.5) is 11.4 Å². The van der Waals surface area contributed by atoms with Gasteiger partial charge in [-0.15, -0.1) is 0 Å². The van der Waals surface area contributed by atoms with Gasteiger partial charge >= 0.3 is 0 Å². The van der Waals surface area contributed by atoms with Crippen molar-refractivity contribution < 1.29 is 14.5 Å². The van der Waals surface area contributed by atoms with E-state index in [1.165, 1.54) is 18.2 Å². The van der Waals surface area contributed by atoms with Crippen LogP contribution in [0.25, 0.3) is 6.08 Å². The first-order valence-corrected chi connectivity index (χ1v) is 8.97. The van der Waals surface area contributed by atoms with Gasteiger partial charge in [0.05, 0.1) is 22.1 Å². The highest BCUT2D eigenvalue weighted by Gasteiger charge is 2.10. The van der Waals surface area contributed by atoms with Gasteiger partial charge in [-0.2, -0.15) is 5.26 Å². The summed E-state index contributed by atoms with van der Waals surface area (Å²) in [6.45, 7) is 1.83. The summed E-state index contributed by atoms with van der Waals surface area (Å²) < 4.78 is 5.76. The van der Waals surface area contributed by atoms with Gasteiger partial charge in [0.1, 0.15) is 11.5 Å². The van der Waals surface area contributed by atoms with Crippen LogP contribution in [0, 0.1) is 28.4 Å². The van der Waals surface area contributed by atoms with Crippen molar-refractivity contribution in [2.24, 2.45) is 0 Å². The van der Waals surface area contributed by atoms with Crippen LogP contribution in [0.2, 0.25) is 0 Å². The molecule has 0 aliphatic rings. The highest BCUT2D eigenvalue weighted by atomic mass is 16.6. The van der Waals surface area contributed by atoms with E-state index in [4.69, 9.17) is 10.00 Å². The Bertz CT molecular complexity index is 1160. The van der Waals surface area contributed by atoms with Crippen molar-refractivity contribution in [3.8, 4) is 17.6 Å². The van der Waals surface area contributed by atoms with Crippen molar-refractivity contribution in [3.63, 3.8) is 0 Å². The summed E-state index contributed by atoms with van der Waals surface area (Å²) in [5.41, 5.74) is 2.21. The van der Waals surface area contributed by atoms with Gasteiger partial charge in [0, 0.05) is 17.8 Å². The number of benzene rings is 3. The molecule has 1 N–H and O–H groups in total. The average molecular weight is 399 g/mol. The molecular formula is C23H17N3O4. The number of hydrogen-bond donors (Lipinski definition) is 1. The Hall–Kier alpha value is -4.44. The molecule has 0 saturated heterocycles. The van der Waals surface area contributed by atoms with Crippen molar-refractivity contribution in [3.05, 3.63) is 99.6 Å². The second kappa shape index (κ2) is 9.17. The van der Waals surface area contributed by atoms with Crippen LogP contribution in [0.3, 0.4) is 0 Å². The largest absolute Gasteiger partial charge is 0.457 e. The van der Waals surface area contributed by atoms with Gasteiger partial charge in [-0.05, 0) is 67.1 Å². The third kappa shape index (κ3) is 5.09. The van der Waals surface area contributed by atoms with Crippen molar-refractivity contribution in [2.75, 3.05) is 5.32 Å². The smallest absolute Gasteiger partial charge is 0.276 e. The summed E-state index contributed by atoms with van der Waals surface area (Å²) in [7, 11) is 0. The number of nitrogens with one attached hydrogen (secondary N) is 1. The monoisotopic (exact) mass is 399 g/mol. The van der Waals surface area contributed by atoms with E-state index in [9.17, 15) is 14.9 Å². The number of anilines is 1. The van der Waals surface area contributed by atoms with E-state index in [1.54, 1.807) is 60.7 Å². The maximum atomic E-state index is 12.2. The Morgan fingerprint density at radius 3 is 2.47 bits per heavy atom. The number of carbonyl (C=O) groups excluding carboxylic acids is 1. The molecule has 0 fully saturated rings. The number of amides is 1. The van der Waals surface area contributed by atoms with Crippen LogP contribution in [0.5, 0.6) is 11.5 Å². The second-order valence-electron chi connectivity index (χ2n) is 6.35. The van der Waals surface area contributed by atoms with Gasteiger partial charge < -0.3 is 10.1 Å². The molecule has 0 radical (unpaired) electrons. The fourth-order valence-electron chi connectivity index (χ4n) is 2.71. The van der Waals surface area contributed by atoms with Gasteiger partial charge in [-0.25, -0.2) is 0 Å². The molecule has 7 nitrogen and oxygen atoms in total. The lowest BCUT2D eigenvalue weighted by Gasteiger charge is -2.10. The number of para-hydroxylation sites is 1. The molecule has 7 heteroatoms. The molecular weight excluding hydrogens is 382 g/mol. The topological polar surface area (TPSA) is 105 Å². The van der Waals surface area contributed by atoms with Crippen molar-refractivity contribution in [1.82, 2.24) is 0 Å². The van der Waals surface area contributed by atoms with Gasteiger partial charge in [-0.1, -0.05) is 12.1 Å². The maximum absolute atomic E-state index is 12.2. The predicted octanol–water partition coefficient (Wildman–Crippen LogP) is 5.22. The number of rotatable bonds is 6. The van der Waals surface area contributed by atoms with Crippen LogP contribution < -0.4 is 10.1 Å². The molecule has 3 aromatic rings. The first-order chi connectivity index (χ1) is 14.5. The lowest BCUT2D eigenvalue weighted by molar-refractivity contribution is -0.385. The Labute approximate surface area is 173 Å². The Balaban J connectivity index is 1.67. The van der Waals surface area contributed by atoms with Gasteiger partial charge in [-0.3, -0.25) is 14.9 Å². The zero-order chi connectivity index (χ0) is 21.5. The minimum atomic E-state index is -0.492. The maximum Gasteiger partial charge on any atom is 0.276 e. The quantitative estimate of drug-likeness (QED) is 0.348.